The van der Waals surface area contributed by atoms with Gasteiger partial charge in [-0.15, -0.1) is 0 Å². The van der Waals surface area contributed by atoms with Crippen LogP contribution in [0, 0.1) is 0 Å². The molecule has 0 aliphatic heterocycles. The zero-order valence-corrected chi connectivity index (χ0v) is 10.5. The molecule has 1 atom stereocenters. The van der Waals surface area contributed by atoms with Crippen LogP contribution < -0.4 is 11.1 Å². The van der Waals surface area contributed by atoms with Crippen LogP contribution in [0.2, 0.25) is 5.02 Å². The number of amides is 1. The number of benzene rings is 1. The van der Waals surface area contributed by atoms with Crippen molar-refractivity contribution in [3.63, 3.8) is 0 Å². The normalized spacial score (nSPS) is 12.2. The average molecular weight is 265 g/mol. The summed E-state index contributed by atoms with van der Waals surface area (Å²) in [6, 6.07) is 6.69. The molecule has 18 heavy (non-hydrogen) atoms. The number of aromatic nitrogens is 2. The van der Waals surface area contributed by atoms with Crippen molar-refractivity contribution in [1.82, 2.24) is 10.2 Å². The van der Waals surface area contributed by atoms with Gasteiger partial charge in [-0.3, -0.25) is 9.89 Å². The lowest BCUT2D eigenvalue weighted by atomic mass is 10.1. The first-order valence-electron chi connectivity index (χ1n) is 5.43. The summed E-state index contributed by atoms with van der Waals surface area (Å²) in [5.41, 5.74) is 7.20. The van der Waals surface area contributed by atoms with Crippen LogP contribution in [-0.2, 0) is 4.79 Å². The van der Waals surface area contributed by atoms with Gasteiger partial charge in [0.05, 0.1) is 12.2 Å². The molecule has 0 saturated heterocycles. The van der Waals surface area contributed by atoms with Crippen LogP contribution in [0.3, 0.4) is 0 Å². The third-order valence-electron chi connectivity index (χ3n) is 2.46. The Morgan fingerprint density at radius 2 is 2.11 bits per heavy atom. The molecule has 2 rings (SSSR count). The zero-order chi connectivity index (χ0) is 13.1. The topological polar surface area (TPSA) is 83.8 Å². The highest BCUT2D eigenvalue weighted by Gasteiger charge is 2.13. The Bertz CT molecular complexity index is 547. The second kappa shape index (κ2) is 5.20. The van der Waals surface area contributed by atoms with Crippen molar-refractivity contribution in [3.8, 4) is 11.1 Å². The highest BCUT2D eigenvalue weighted by molar-refractivity contribution is 6.30. The summed E-state index contributed by atoms with van der Waals surface area (Å²) in [5.74, 6) is 0.258. The van der Waals surface area contributed by atoms with E-state index in [1.54, 1.807) is 25.3 Å². The van der Waals surface area contributed by atoms with E-state index in [9.17, 15) is 4.79 Å². The van der Waals surface area contributed by atoms with Crippen molar-refractivity contribution in [3.05, 3.63) is 35.5 Å². The molecule has 0 fully saturated rings. The monoisotopic (exact) mass is 264 g/mol. The lowest BCUT2D eigenvalue weighted by Crippen LogP contribution is -2.32. The van der Waals surface area contributed by atoms with Crippen molar-refractivity contribution >= 4 is 23.3 Å². The number of nitrogens with one attached hydrogen (secondary N) is 2. The molecule has 0 aliphatic rings. The van der Waals surface area contributed by atoms with E-state index in [0.717, 1.165) is 11.1 Å². The molecule has 0 radical (unpaired) electrons. The van der Waals surface area contributed by atoms with Crippen LogP contribution in [0.1, 0.15) is 6.92 Å². The van der Waals surface area contributed by atoms with Gasteiger partial charge in [-0.25, -0.2) is 0 Å². The summed E-state index contributed by atoms with van der Waals surface area (Å²) < 4.78 is 0. The van der Waals surface area contributed by atoms with E-state index in [2.05, 4.69) is 15.5 Å². The number of H-pyrrole nitrogens is 1. The van der Waals surface area contributed by atoms with Crippen molar-refractivity contribution in [2.75, 3.05) is 5.32 Å². The maximum atomic E-state index is 11.5. The summed E-state index contributed by atoms with van der Waals surface area (Å²) in [4.78, 5) is 11.5. The van der Waals surface area contributed by atoms with Crippen molar-refractivity contribution in [1.29, 1.82) is 0 Å². The third kappa shape index (κ3) is 2.69. The predicted octanol–water partition coefficient (Wildman–Crippen LogP) is 2.02. The molecule has 1 aromatic heterocycles. The van der Waals surface area contributed by atoms with Crippen molar-refractivity contribution in [2.45, 2.75) is 13.0 Å². The average Bonchev–Trinajstić information content (AvgIpc) is 2.78. The fourth-order valence-electron chi connectivity index (χ4n) is 1.47. The van der Waals surface area contributed by atoms with E-state index < -0.39 is 6.04 Å². The Balaban J connectivity index is 2.27. The van der Waals surface area contributed by atoms with Crippen molar-refractivity contribution in [2.24, 2.45) is 5.73 Å². The number of nitrogens with zero attached hydrogens (tertiary/aromatic N) is 1. The summed E-state index contributed by atoms with van der Waals surface area (Å²) in [6.45, 7) is 1.62. The predicted molar refractivity (Wildman–Crippen MR) is 71.3 cm³/mol. The second-order valence-corrected chi connectivity index (χ2v) is 4.38. The van der Waals surface area contributed by atoms with E-state index in [-0.39, 0.29) is 5.91 Å². The number of nitrogens with two attached hydrogens (primary N) is 1. The molecule has 5 nitrogen and oxygen atoms in total. The Kier molecular flexibility index (Phi) is 3.64. The number of hydrogen-bond acceptors (Lipinski definition) is 3. The van der Waals surface area contributed by atoms with Gasteiger partial charge in [0.25, 0.3) is 0 Å². The highest BCUT2D eigenvalue weighted by Crippen LogP contribution is 2.26. The number of rotatable bonds is 3. The van der Waals surface area contributed by atoms with E-state index in [4.69, 9.17) is 17.3 Å². The van der Waals surface area contributed by atoms with Gasteiger partial charge >= 0.3 is 0 Å². The summed E-state index contributed by atoms with van der Waals surface area (Å²) >= 11 is 5.83. The summed E-state index contributed by atoms with van der Waals surface area (Å²) in [5, 5.41) is 10.00. The van der Waals surface area contributed by atoms with Crippen LogP contribution in [0.4, 0.5) is 5.82 Å². The number of hydrogen-bond donors (Lipinski definition) is 3. The number of anilines is 1. The van der Waals surface area contributed by atoms with Crippen LogP contribution in [0.15, 0.2) is 30.5 Å². The molecule has 0 spiro atoms. The minimum Gasteiger partial charge on any atom is -0.320 e. The van der Waals surface area contributed by atoms with Crippen molar-refractivity contribution < 1.29 is 4.79 Å². The summed E-state index contributed by atoms with van der Waals surface area (Å²) in [6.07, 6.45) is 1.64. The second-order valence-electron chi connectivity index (χ2n) is 3.94. The SMILES string of the molecule is CC(N)C(=O)Nc1[nH]ncc1-c1ccc(Cl)cc1. The fraction of sp³-hybridized carbons (Fsp3) is 0.167. The standard InChI is InChI=1S/C12H13ClN4O/c1-7(14)12(18)16-11-10(6-15-17-11)8-2-4-9(13)5-3-8/h2-7H,14H2,1H3,(H2,15,16,17,18). The Morgan fingerprint density at radius 3 is 2.72 bits per heavy atom. The molecular weight excluding hydrogens is 252 g/mol. The first-order valence-corrected chi connectivity index (χ1v) is 5.81. The molecule has 94 valence electrons. The van der Waals surface area contributed by atoms with Gasteiger partial charge in [0.2, 0.25) is 5.91 Å². The van der Waals surface area contributed by atoms with Crippen LogP contribution in [0.25, 0.3) is 11.1 Å². The van der Waals surface area contributed by atoms with Gasteiger partial charge in [-0.2, -0.15) is 5.10 Å². The smallest absolute Gasteiger partial charge is 0.242 e. The van der Waals surface area contributed by atoms with Gasteiger partial charge in [0.15, 0.2) is 0 Å². The molecule has 0 saturated carbocycles. The minimum absolute atomic E-state index is 0.269. The molecule has 6 heteroatoms. The van der Waals surface area contributed by atoms with E-state index >= 15 is 0 Å². The molecule has 1 unspecified atom stereocenters. The van der Waals surface area contributed by atoms with E-state index in [0.29, 0.717) is 10.8 Å². The lowest BCUT2D eigenvalue weighted by Gasteiger charge is -2.08. The van der Waals surface area contributed by atoms with Crippen LogP contribution >= 0.6 is 11.6 Å². The largest absolute Gasteiger partial charge is 0.320 e. The molecule has 1 amide bonds. The maximum absolute atomic E-state index is 11.5. The molecular formula is C12H13ClN4O. The van der Waals surface area contributed by atoms with Gasteiger partial charge in [0.1, 0.15) is 5.82 Å². The van der Waals surface area contributed by atoms with Gasteiger partial charge in [-0.05, 0) is 24.6 Å². The lowest BCUT2D eigenvalue weighted by molar-refractivity contribution is -0.117. The molecule has 1 aromatic carbocycles. The van der Waals surface area contributed by atoms with Gasteiger partial charge in [-0.1, -0.05) is 23.7 Å². The van der Waals surface area contributed by atoms with E-state index in [1.165, 1.54) is 0 Å². The quantitative estimate of drug-likeness (QED) is 0.793. The zero-order valence-electron chi connectivity index (χ0n) is 9.77. The molecule has 1 heterocycles. The molecule has 2 aromatic rings. The maximum Gasteiger partial charge on any atom is 0.242 e. The minimum atomic E-state index is -0.577. The summed E-state index contributed by atoms with van der Waals surface area (Å²) in [7, 11) is 0. The molecule has 4 N–H and O–H groups in total. The fourth-order valence-corrected chi connectivity index (χ4v) is 1.59. The van der Waals surface area contributed by atoms with Gasteiger partial charge < -0.3 is 11.1 Å². The van der Waals surface area contributed by atoms with E-state index in [1.807, 2.05) is 12.1 Å². The number of aromatic amines is 1. The van der Waals surface area contributed by atoms with Gasteiger partial charge in [0, 0.05) is 10.6 Å². The number of carbonyl (C=O) groups is 1. The first kappa shape index (κ1) is 12.6. The Labute approximate surface area is 109 Å². The third-order valence-corrected chi connectivity index (χ3v) is 2.71. The number of carbonyl (C=O) groups excluding carboxylic acids is 1. The molecule has 0 bridgehead atoms. The Hall–Kier alpha value is -1.85. The molecule has 0 aliphatic carbocycles. The Morgan fingerprint density at radius 1 is 1.44 bits per heavy atom. The number of halogens is 1. The first-order chi connectivity index (χ1) is 8.58. The van der Waals surface area contributed by atoms with Crippen LogP contribution in [0.5, 0.6) is 0 Å². The van der Waals surface area contributed by atoms with Crippen LogP contribution in [-0.4, -0.2) is 22.1 Å². The highest BCUT2D eigenvalue weighted by atomic mass is 35.5.